The second kappa shape index (κ2) is 7.89. The number of hydrogen-bond acceptors (Lipinski definition) is 4. The van der Waals surface area contributed by atoms with Crippen molar-refractivity contribution in [1.82, 2.24) is 9.88 Å². The minimum Gasteiger partial charge on any atom is -0.441 e. The van der Waals surface area contributed by atoms with Crippen LogP contribution in [0, 0.1) is 13.8 Å². The molecule has 2 heterocycles. The predicted molar refractivity (Wildman–Crippen MR) is 110 cm³/mol. The Morgan fingerprint density at radius 3 is 2.36 bits per heavy atom. The summed E-state index contributed by atoms with van der Waals surface area (Å²) in [6.45, 7) is 7.07. The Morgan fingerprint density at radius 1 is 0.964 bits per heavy atom. The molecular formula is C23H25N3O2. The van der Waals surface area contributed by atoms with Crippen molar-refractivity contribution in [2.75, 3.05) is 31.1 Å². The zero-order valence-electron chi connectivity index (χ0n) is 16.4. The van der Waals surface area contributed by atoms with Gasteiger partial charge in [-0.1, -0.05) is 36.4 Å². The zero-order chi connectivity index (χ0) is 19.5. The lowest BCUT2D eigenvalue weighted by Gasteiger charge is -2.36. The number of amides is 1. The lowest BCUT2D eigenvalue weighted by atomic mass is 10.1. The van der Waals surface area contributed by atoms with Crippen LogP contribution >= 0.6 is 0 Å². The lowest BCUT2D eigenvalue weighted by Crippen LogP contribution is -2.49. The molecule has 0 bridgehead atoms. The Balaban J connectivity index is 1.40. The van der Waals surface area contributed by atoms with Crippen LogP contribution in [-0.4, -0.2) is 42.0 Å². The van der Waals surface area contributed by atoms with E-state index in [1.165, 1.54) is 5.69 Å². The Bertz CT molecular complexity index is 957. The van der Waals surface area contributed by atoms with Gasteiger partial charge in [0.15, 0.2) is 0 Å². The zero-order valence-corrected chi connectivity index (χ0v) is 16.4. The first kappa shape index (κ1) is 18.3. The van der Waals surface area contributed by atoms with Crippen LogP contribution in [-0.2, 0) is 11.2 Å². The summed E-state index contributed by atoms with van der Waals surface area (Å²) >= 11 is 0. The average Bonchev–Trinajstić information content (AvgIpc) is 3.09. The minimum atomic E-state index is 0.112. The van der Waals surface area contributed by atoms with Gasteiger partial charge in [0.2, 0.25) is 11.8 Å². The SMILES string of the molecule is Cc1ccccc1-c1nc(CC(=O)N2CCN(c3ccccc3)CC2)c(C)o1. The molecule has 1 saturated heterocycles. The van der Waals surface area contributed by atoms with Crippen LogP contribution in [0.15, 0.2) is 59.0 Å². The number of carbonyl (C=O) groups is 1. The molecule has 0 radical (unpaired) electrons. The third-order valence-electron chi connectivity index (χ3n) is 5.34. The van der Waals surface area contributed by atoms with E-state index in [-0.39, 0.29) is 12.3 Å². The van der Waals surface area contributed by atoms with E-state index in [1.54, 1.807) is 0 Å². The minimum absolute atomic E-state index is 0.112. The predicted octanol–water partition coefficient (Wildman–Crippen LogP) is 3.85. The van der Waals surface area contributed by atoms with Crippen molar-refractivity contribution >= 4 is 11.6 Å². The van der Waals surface area contributed by atoms with Crippen LogP contribution in [0.25, 0.3) is 11.5 Å². The molecule has 1 aliphatic heterocycles. The van der Waals surface area contributed by atoms with Gasteiger partial charge in [0.25, 0.3) is 0 Å². The van der Waals surface area contributed by atoms with Gasteiger partial charge in [-0.3, -0.25) is 4.79 Å². The molecule has 4 rings (SSSR count). The molecule has 0 aliphatic carbocycles. The Kier molecular flexibility index (Phi) is 5.15. The number of carbonyl (C=O) groups excluding carboxylic acids is 1. The summed E-state index contributed by atoms with van der Waals surface area (Å²) in [6, 6.07) is 18.3. The smallest absolute Gasteiger partial charge is 0.228 e. The van der Waals surface area contributed by atoms with Crippen molar-refractivity contribution in [3.05, 3.63) is 71.6 Å². The van der Waals surface area contributed by atoms with E-state index in [0.29, 0.717) is 5.89 Å². The number of benzene rings is 2. The number of aryl methyl sites for hydroxylation is 2. The number of piperazine rings is 1. The van der Waals surface area contributed by atoms with E-state index in [2.05, 4.69) is 22.0 Å². The van der Waals surface area contributed by atoms with Gasteiger partial charge in [-0.05, 0) is 37.6 Å². The van der Waals surface area contributed by atoms with Crippen molar-refractivity contribution in [2.24, 2.45) is 0 Å². The second-order valence-corrected chi connectivity index (χ2v) is 7.22. The maximum absolute atomic E-state index is 12.8. The maximum atomic E-state index is 12.8. The van der Waals surface area contributed by atoms with Crippen molar-refractivity contribution in [2.45, 2.75) is 20.3 Å². The first-order valence-electron chi connectivity index (χ1n) is 9.72. The van der Waals surface area contributed by atoms with Gasteiger partial charge in [0.1, 0.15) is 5.76 Å². The van der Waals surface area contributed by atoms with Gasteiger partial charge < -0.3 is 14.2 Å². The van der Waals surface area contributed by atoms with Gasteiger partial charge in [-0.15, -0.1) is 0 Å². The number of oxazole rings is 1. The number of nitrogens with zero attached hydrogens (tertiary/aromatic N) is 3. The summed E-state index contributed by atoms with van der Waals surface area (Å²) in [5.74, 6) is 1.42. The largest absolute Gasteiger partial charge is 0.441 e. The molecule has 0 atom stereocenters. The maximum Gasteiger partial charge on any atom is 0.228 e. The Labute approximate surface area is 165 Å². The molecule has 1 aliphatic rings. The highest BCUT2D eigenvalue weighted by molar-refractivity contribution is 5.79. The highest BCUT2D eigenvalue weighted by atomic mass is 16.4. The molecule has 0 saturated carbocycles. The van der Waals surface area contributed by atoms with E-state index in [9.17, 15) is 4.79 Å². The molecule has 5 nitrogen and oxygen atoms in total. The first-order chi connectivity index (χ1) is 13.6. The number of anilines is 1. The van der Waals surface area contributed by atoms with E-state index < -0.39 is 0 Å². The van der Waals surface area contributed by atoms with E-state index in [0.717, 1.165) is 48.8 Å². The van der Waals surface area contributed by atoms with Crippen LogP contribution in [0.1, 0.15) is 17.0 Å². The van der Waals surface area contributed by atoms with Crippen molar-refractivity contribution in [3.8, 4) is 11.5 Å². The fraction of sp³-hybridized carbons (Fsp3) is 0.304. The monoisotopic (exact) mass is 375 g/mol. The lowest BCUT2D eigenvalue weighted by molar-refractivity contribution is -0.130. The van der Waals surface area contributed by atoms with E-state index in [4.69, 9.17) is 4.42 Å². The van der Waals surface area contributed by atoms with Crippen LogP contribution in [0.4, 0.5) is 5.69 Å². The molecule has 2 aromatic carbocycles. The summed E-state index contributed by atoms with van der Waals surface area (Å²) in [6.07, 6.45) is 0.284. The molecule has 0 N–H and O–H groups in total. The number of para-hydroxylation sites is 1. The summed E-state index contributed by atoms with van der Waals surface area (Å²) in [5.41, 5.74) is 4.03. The van der Waals surface area contributed by atoms with Gasteiger partial charge >= 0.3 is 0 Å². The number of aromatic nitrogens is 1. The topological polar surface area (TPSA) is 49.6 Å². The fourth-order valence-corrected chi connectivity index (χ4v) is 3.63. The summed E-state index contributed by atoms with van der Waals surface area (Å²) in [5, 5.41) is 0. The third-order valence-corrected chi connectivity index (χ3v) is 5.34. The number of rotatable bonds is 4. The summed E-state index contributed by atoms with van der Waals surface area (Å²) < 4.78 is 5.85. The van der Waals surface area contributed by atoms with Crippen molar-refractivity contribution in [3.63, 3.8) is 0 Å². The molecule has 5 heteroatoms. The highest BCUT2D eigenvalue weighted by Gasteiger charge is 2.23. The fourth-order valence-electron chi connectivity index (χ4n) is 3.63. The van der Waals surface area contributed by atoms with Crippen LogP contribution in [0.5, 0.6) is 0 Å². The summed E-state index contributed by atoms with van der Waals surface area (Å²) in [7, 11) is 0. The molecule has 0 unspecified atom stereocenters. The third kappa shape index (κ3) is 3.79. The molecule has 144 valence electrons. The number of hydrogen-bond donors (Lipinski definition) is 0. The molecule has 1 amide bonds. The Morgan fingerprint density at radius 2 is 1.64 bits per heavy atom. The van der Waals surface area contributed by atoms with E-state index >= 15 is 0 Å². The van der Waals surface area contributed by atoms with Gasteiger partial charge in [0, 0.05) is 37.4 Å². The van der Waals surface area contributed by atoms with E-state index in [1.807, 2.05) is 61.2 Å². The van der Waals surface area contributed by atoms with Gasteiger partial charge in [-0.25, -0.2) is 4.98 Å². The molecule has 1 fully saturated rings. The molecule has 28 heavy (non-hydrogen) atoms. The van der Waals surface area contributed by atoms with Crippen molar-refractivity contribution in [1.29, 1.82) is 0 Å². The second-order valence-electron chi connectivity index (χ2n) is 7.22. The molecule has 0 spiro atoms. The quantitative estimate of drug-likeness (QED) is 0.695. The van der Waals surface area contributed by atoms with Gasteiger partial charge in [0.05, 0.1) is 12.1 Å². The normalized spacial score (nSPS) is 14.4. The highest BCUT2D eigenvalue weighted by Crippen LogP contribution is 2.25. The van der Waals surface area contributed by atoms with Crippen LogP contribution in [0.2, 0.25) is 0 Å². The molecule has 1 aromatic heterocycles. The van der Waals surface area contributed by atoms with Crippen molar-refractivity contribution < 1.29 is 9.21 Å². The first-order valence-corrected chi connectivity index (χ1v) is 9.72. The molecular weight excluding hydrogens is 350 g/mol. The van der Waals surface area contributed by atoms with Crippen LogP contribution in [0.3, 0.4) is 0 Å². The Hall–Kier alpha value is -3.08. The molecule has 3 aromatic rings. The average molecular weight is 375 g/mol. The standard InChI is InChI=1S/C23H25N3O2/c1-17-8-6-7-11-20(17)23-24-21(18(2)28-23)16-22(27)26-14-12-25(13-15-26)19-9-4-3-5-10-19/h3-11H,12-16H2,1-2H3. The summed E-state index contributed by atoms with van der Waals surface area (Å²) in [4.78, 5) is 21.7. The van der Waals surface area contributed by atoms with Gasteiger partial charge in [-0.2, -0.15) is 0 Å². The van der Waals surface area contributed by atoms with Crippen LogP contribution < -0.4 is 4.90 Å².